The van der Waals surface area contributed by atoms with Crippen LogP contribution in [-0.4, -0.2) is 24.1 Å². The fourth-order valence-electron chi connectivity index (χ4n) is 2.67. The van der Waals surface area contributed by atoms with Gasteiger partial charge in [0.25, 0.3) is 0 Å². The highest BCUT2D eigenvalue weighted by Crippen LogP contribution is 2.44. The molecule has 7 heteroatoms. The van der Waals surface area contributed by atoms with E-state index in [9.17, 15) is 4.79 Å². The lowest BCUT2D eigenvalue weighted by molar-refractivity contribution is -0.115. The van der Waals surface area contributed by atoms with Crippen molar-refractivity contribution >= 4 is 34.2 Å². The van der Waals surface area contributed by atoms with E-state index in [1.165, 1.54) is 0 Å². The van der Waals surface area contributed by atoms with Gasteiger partial charge in [-0.2, -0.15) is 0 Å². The van der Waals surface area contributed by atoms with Gasteiger partial charge in [0.2, 0.25) is 5.88 Å². The van der Waals surface area contributed by atoms with E-state index < -0.39 is 5.92 Å². The van der Waals surface area contributed by atoms with E-state index in [1.54, 1.807) is 6.07 Å². The number of carbonyl (C=O) groups is 1. The SMILES string of the molecule is CCOC1=C(N)OC2=C(C(=O)CN=C2Cl)C1c1ccccc1Cl. The highest BCUT2D eigenvalue weighted by Gasteiger charge is 2.41. The molecule has 0 amide bonds. The predicted octanol–water partition coefficient (Wildman–Crippen LogP) is 3.09. The van der Waals surface area contributed by atoms with E-state index in [-0.39, 0.29) is 29.1 Å². The summed E-state index contributed by atoms with van der Waals surface area (Å²) in [6, 6.07) is 7.21. The van der Waals surface area contributed by atoms with E-state index in [0.717, 1.165) is 0 Å². The number of hydrogen-bond acceptors (Lipinski definition) is 5. The van der Waals surface area contributed by atoms with Crippen molar-refractivity contribution in [2.75, 3.05) is 13.2 Å². The van der Waals surface area contributed by atoms with Gasteiger partial charge in [-0.25, -0.2) is 0 Å². The molecule has 2 N–H and O–H groups in total. The van der Waals surface area contributed by atoms with E-state index >= 15 is 0 Å². The van der Waals surface area contributed by atoms with Gasteiger partial charge in [-0.15, -0.1) is 0 Å². The van der Waals surface area contributed by atoms with Crippen LogP contribution in [0.1, 0.15) is 18.4 Å². The van der Waals surface area contributed by atoms with Crippen molar-refractivity contribution in [3.8, 4) is 0 Å². The van der Waals surface area contributed by atoms with E-state index in [0.29, 0.717) is 28.5 Å². The summed E-state index contributed by atoms with van der Waals surface area (Å²) in [5.74, 6) is -0.172. The molecule has 0 saturated heterocycles. The summed E-state index contributed by atoms with van der Waals surface area (Å²) >= 11 is 12.4. The quantitative estimate of drug-likeness (QED) is 0.906. The minimum Gasteiger partial charge on any atom is -0.492 e. The van der Waals surface area contributed by atoms with Crippen LogP contribution in [0.2, 0.25) is 5.02 Å². The molecule has 5 nitrogen and oxygen atoms in total. The zero-order valence-electron chi connectivity index (χ0n) is 12.3. The molecule has 0 saturated carbocycles. The third-order valence-electron chi connectivity index (χ3n) is 3.62. The van der Waals surface area contributed by atoms with Gasteiger partial charge in [0.15, 0.2) is 22.5 Å². The van der Waals surface area contributed by atoms with Gasteiger partial charge in [0, 0.05) is 5.02 Å². The van der Waals surface area contributed by atoms with Crippen LogP contribution in [0.15, 0.2) is 52.2 Å². The Labute approximate surface area is 143 Å². The zero-order chi connectivity index (χ0) is 16.6. The molecule has 1 atom stereocenters. The first-order valence-corrected chi connectivity index (χ1v) is 7.82. The molecule has 1 aromatic carbocycles. The third kappa shape index (κ3) is 2.71. The molecular weight excluding hydrogens is 339 g/mol. The number of aliphatic imine (C=N–C) groups is 1. The second kappa shape index (κ2) is 6.26. The highest BCUT2D eigenvalue weighted by molar-refractivity contribution is 6.70. The molecule has 2 aliphatic rings. The number of rotatable bonds is 3. The van der Waals surface area contributed by atoms with Crippen LogP contribution in [0.4, 0.5) is 0 Å². The average molecular weight is 353 g/mol. The second-order valence-electron chi connectivity index (χ2n) is 4.99. The molecule has 2 aliphatic heterocycles. The third-order valence-corrected chi connectivity index (χ3v) is 4.25. The predicted molar refractivity (Wildman–Crippen MR) is 88.3 cm³/mol. The highest BCUT2D eigenvalue weighted by atomic mass is 35.5. The maximum Gasteiger partial charge on any atom is 0.230 e. The van der Waals surface area contributed by atoms with Gasteiger partial charge in [0.1, 0.15) is 6.54 Å². The molecule has 23 heavy (non-hydrogen) atoms. The Bertz CT molecular complexity index is 768. The smallest absolute Gasteiger partial charge is 0.230 e. The molecule has 0 aliphatic carbocycles. The standard InChI is InChI=1S/C16H14Cl2N2O3/c1-2-22-14-11(8-5-3-4-6-9(8)17)12-10(21)7-20-15(18)13(12)23-16(14)19/h3-6,11H,2,7,19H2,1H3. The van der Waals surface area contributed by atoms with Crippen LogP contribution in [0.3, 0.4) is 0 Å². The Balaban J connectivity index is 2.23. The van der Waals surface area contributed by atoms with Gasteiger partial charge < -0.3 is 15.2 Å². The van der Waals surface area contributed by atoms with Crippen molar-refractivity contribution in [2.45, 2.75) is 12.8 Å². The van der Waals surface area contributed by atoms with Gasteiger partial charge in [-0.05, 0) is 18.6 Å². The van der Waals surface area contributed by atoms with Crippen LogP contribution in [0.5, 0.6) is 0 Å². The normalized spacial score (nSPS) is 20.9. The molecule has 1 unspecified atom stereocenters. The maximum absolute atomic E-state index is 12.5. The van der Waals surface area contributed by atoms with Crippen molar-refractivity contribution in [3.63, 3.8) is 0 Å². The van der Waals surface area contributed by atoms with Crippen molar-refractivity contribution in [1.82, 2.24) is 0 Å². The summed E-state index contributed by atoms with van der Waals surface area (Å²) in [5, 5.41) is 0.623. The number of ketones is 1. The van der Waals surface area contributed by atoms with Crippen LogP contribution in [0, 0.1) is 0 Å². The Hall–Kier alpha value is -1.98. The minimum absolute atomic E-state index is 0.0404. The number of allylic oxidation sites excluding steroid dienone is 2. The first kappa shape index (κ1) is 15.9. The molecule has 0 bridgehead atoms. The summed E-state index contributed by atoms with van der Waals surface area (Å²) < 4.78 is 11.2. The van der Waals surface area contributed by atoms with Crippen molar-refractivity contribution in [1.29, 1.82) is 0 Å². The summed E-state index contributed by atoms with van der Waals surface area (Å²) in [4.78, 5) is 16.4. The number of halogens is 2. The number of nitrogens with zero attached hydrogens (tertiary/aromatic N) is 1. The first-order valence-electron chi connectivity index (χ1n) is 7.07. The van der Waals surface area contributed by atoms with Gasteiger partial charge in [0.05, 0.1) is 18.1 Å². The molecule has 2 heterocycles. The lowest BCUT2D eigenvalue weighted by atomic mass is 9.84. The van der Waals surface area contributed by atoms with Gasteiger partial charge in [-0.1, -0.05) is 41.4 Å². The average Bonchev–Trinajstić information content (AvgIpc) is 2.53. The van der Waals surface area contributed by atoms with Crippen LogP contribution in [-0.2, 0) is 14.3 Å². The topological polar surface area (TPSA) is 73.9 Å². The summed E-state index contributed by atoms with van der Waals surface area (Å²) in [6.45, 7) is 2.16. The van der Waals surface area contributed by atoms with Crippen molar-refractivity contribution in [3.05, 3.63) is 57.8 Å². The largest absolute Gasteiger partial charge is 0.492 e. The Kier molecular flexibility index (Phi) is 4.33. The molecular formula is C16H14Cl2N2O3. The zero-order valence-corrected chi connectivity index (χ0v) is 13.8. The molecule has 0 aromatic heterocycles. The fraction of sp³-hybridized carbons (Fsp3) is 0.250. The number of dihydropyridines is 1. The molecule has 120 valence electrons. The molecule has 3 rings (SSSR count). The molecule has 0 radical (unpaired) electrons. The number of hydrogen-bond donors (Lipinski definition) is 1. The number of Topliss-reactive ketones (excluding diaryl/α,β-unsaturated/α-hetero) is 1. The summed E-state index contributed by atoms with van der Waals surface area (Å²) in [7, 11) is 0. The van der Waals surface area contributed by atoms with Crippen molar-refractivity contribution < 1.29 is 14.3 Å². The molecule has 1 aromatic rings. The van der Waals surface area contributed by atoms with Crippen LogP contribution < -0.4 is 5.73 Å². The van der Waals surface area contributed by atoms with E-state index in [2.05, 4.69) is 4.99 Å². The second-order valence-corrected chi connectivity index (χ2v) is 5.76. The minimum atomic E-state index is -0.566. The van der Waals surface area contributed by atoms with E-state index in [4.69, 9.17) is 38.4 Å². The lowest BCUT2D eigenvalue weighted by Crippen LogP contribution is -2.31. The number of carbonyl (C=O) groups excluding carboxylic acids is 1. The number of benzene rings is 1. The van der Waals surface area contributed by atoms with Crippen LogP contribution >= 0.6 is 23.2 Å². The van der Waals surface area contributed by atoms with E-state index in [1.807, 2.05) is 25.1 Å². The molecule has 0 fully saturated rings. The summed E-state index contributed by atoms with van der Waals surface area (Å²) in [6.07, 6.45) is 0. The Morgan fingerprint density at radius 3 is 2.83 bits per heavy atom. The monoisotopic (exact) mass is 352 g/mol. The number of nitrogens with two attached hydrogens (primary N) is 1. The maximum atomic E-state index is 12.5. The van der Waals surface area contributed by atoms with Gasteiger partial charge in [-0.3, -0.25) is 9.79 Å². The fourth-order valence-corrected chi connectivity index (χ4v) is 3.12. The van der Waals surface area contributed by atoms with Gasteiger partial charge >= 0.3 is 0 Å². The van der Waals surface area contributed by atoms with Crippen LogP contribution in [0.25, 0.3) is 0 Å². The Morgan fingerprint density at radius 1 is 1.39 bits per heavy atom. The first-order chi connectivity index (χ1) is 11.0. The van der Waals surface area contributed by atoms with Crippen molar-refractivity contribution in [2.24, 2.45) is 10.7 Å². The summed E-state index contributed by atoms with van der Waals surface area (Å²) in [5.41, 5.74) is 7.06. The lowest BCUT2D eigenvalue weighted by Gasteiger charge is -2.31. The Morgan fingerprint density at radius 2 is 2.13 bits per heavy atom. The number of ether oxygens (including phenoxy) is 2. The molecule has 0 spiro atoms.